The van der Waals surface area contributed by atoms with Crippen molar-refractivity contribution in [2.75, 3.05) is 0 Å². The molecule has 4 atom stereocenters. The van der Waals surface area contributed by atoms with Crippen molar-refractivity contribution in [3.63, 3.8) is 0 Å². The van der Waals surface area contributed by atoms with Gasteiger partial charge >= 0.3 is 17.9 Å². The van der Waals surface area contributed by atoms with Gasteiger partial charge in [0.2, 0.25) is 0 Å². The van der Waals surface area contributed by atoms with Crippen LogP contribution in [-0.4, -0.2) is 77.1 Å². The van der Waals surface area contributed by atoms with E-state index in [9.17, 15) is 50.1 Å². The average molecular weight is 542 g/mol. The zero-order valence-electron chi connectivity index (χ0n) is 20.4. The summed E-state index contributed by atoms with van der Waals surface area (Å²) in [5.41, 5.74) is -3.47. The summed E-state index contributed by atoms with van der Waals surface area (Å²) < 4.78 is 11.0. The van der Waals surface area contributed by atoms with Crippen molar-refractivity contribution in [2.24, 2.45) is 0 Å². The molecule has 0 bridgehead atoms. The maximum Gasteiger partial charge on any atom is 0.335 e. The number of hydrogen-bond acceptors (Lipinski definition) is 11. The number of benzene rings is 2. The molecule has 2 fully saturated rings. The number of carbonyl (C=O) groups is 3. The van der Waals surface area contributed by atoms with Crippen molar-refractivity contribution in [2.45, 2.75) is 49.1 Å². The quantitative estimate of drug-likeness (QED) is 0.163. The van der Waals surface area contributed by atoms with Crippen LogP contribution in [0, 0.1) is 0 Å². The van der Waals surface area contributed by atoms with Crippen molar-refractivity contribution in [3.8, 4) is 23.0 Å². The summed E-state index contributed by atoms with van der Waals surface area (Å²) in [6.07, 6.45) is -1.06. The first-order valence-electron chi connectivity index (χ1n) is 11.8. The molecule has 2 aromatic carbocycles. The number of rotatable bonds is 5. The molecule has 1 aliphatic carbocycles. The smallest absolute Gasteiger partial charge is 0.335 e. The maximum atomic E-state index is 13.0. The van der Waals surface area contributed by atoms with Gasteiger partial charge in [0.1, 0.15) is 12.2 Å². The average Bonchev–Trinajstić information content (AvgIpc) is 2.87. The molecule has 4 rings (SSSR count). The molecule has 0 radical (unpaired) electrons. The fourth-order valence-corrected chi connectivity index (χ4v) is 4.72. The van der Waals surface area contributed by atoms with Gasteiger partial charge in [-0.1, -0.05) is 12.1 Å². The van der Waals surface area contributed by atoms with Gasteiger partial charge in [-0.05, 0) is 60.4 Å². The van der Waals surface area contributed by atoms with Crippen LogP contribution in [0.1, 0.15) is 36.8 Å². The van der Waals surface area contributed by atoms with Crippen LogP contribution in [0.25, 0.3) is 12.2 Å². The normalized spacial score (nSPS) is 27.9. The number of ether oxygens (including phenoxy) is 2. The van der Waals surface area contributed by atoms with Crippen LogP contribution in [0.4, 0.5) is 0 Å². The van der Waals surface area contributed by atoms with E-state index in [1.54, 1.807) is 0 Å². The molecule has 1 aliphatic heterocycles. The molecule has 7 N–H and O–H groups in total. The molecule has 0 unspecified atom stereocenters. The predicted octanol–water partition coefficient (Wildman–Crippen LogP) is 1.56. The van der Waals surface area contributed by atoms with Gasteiger partial charge in [-0.25, -0.2) is 14.4 Å². The topological polar surface area (TPSA) is 211 Å². The monoisotopic (exact) mass is 542 g/mol. The number of aliphatic hydroxyl groups is 2. The number of carboxylic acid groups (broad SMARTS) is 1. The lowest BCUT2D eigenvalue weighted by Crippen LogP contribution is -2.67. The van der Waals surface area contributed by atoms with Gasteiger partial charge in [0.25, 0.3) is 0 Å². The number of phenols is 4. The number of carbonyl (C=O) groups excluding carboxylic acids is 2. The van der Waals surface area contributed by atoms with Crippen LogP contribution in [-0.2, 0) is 23.9 Å². The van der Waals surface area contributed by atoms with Gasteiger partial charge in [0.05, 0.1) is 0 Å². The van der Waals surface area contributed by atoms with E-state index in [2.05, 4.69) is 0 Å². The van der Waals surface area contributed by atoms with Crippen molar-refractivity contribution in [1.29, 1.82) is 0 Å². The Kier molecular flexibility index (Phi) is 7.27. The lowest BCUT2D eigenvalue weighted by atomic mass is 9.68. The van der Waals surface area contributed by atoms with E-state index in [1.807, 2.05) is 0 Å². The highest BCUT2D eigenvalue weighted by atomic mass is 16.6. The number of esters is 2. The molecule has 12 nitrogen and oxygen atoms in total. The Morgan fingerprint density at radius 2 is 1.56 bits per heavy atom. The Labute approximate surface area is 221 Å². The van der Waals surface area contributed by atoms with E-state index >= 15 is 0 Å². The minimum absolute atomic E-state index is 0.0136. The Morgan fingerprint density at radius 3 is 2.15 bits per heavy atom. The van der Waals surface area contributed by atoms with Crippen molar-refractivity contribution in [1.82, 2.24) is 0 Å². The zero-order chi connectivity index (χ0) is 28.5. The number of aromatic hydroxyl groups is 4. The molecule has 0 aromatic heterocycles. The second-order valence-electron chi connectivity index (χ2n) is 9.53. The molecule has 1 spiro atoms. The summed E-state index contributed by atoms with van der Waals surface area (Å²) in [4.78, 5) is 37.4. The van der Waals surface area contributed by atoms with E-state index in [0.29, 0.717) is 11.1 Å². The van der Waals surface area contributed by atoms with E-state index in [1.165, 1.54) is 48.6 Å². The van der Waals surface area contributed by atoms with Crippen LogP contribution in [0.2, 0.25) is 0 Å². The second-order valence-corrected chi connectivity index (χ2v) is 9.53. The molecular formula is C27H26O12. The Morgan fingerprint density at radius 1 is 0.949 bits per heavy atom. The van der Waals surface area contributed by atoms with Crippen LogP contribution < -0.4 is 0 Å². The molecule has 2 aliphatic rings. The van der Waals surface area contributed by atoms with E-state index < -0.39 is 65.7 Å². The summed E-state index contributed by atoms with van der Waals surface area (Å²) in [5.74, 6) is -5.08. The third kappa shape index (κ3) is 5.52. The Hall–Kier alpha value is -4.55. The van der Waals surface area contributed by atoms with Gasteiger partial charge in [-0.3, -0.25) is 0 Å². The number of hydrogen-bond donors (Lipinski definition) is 7. The summed E-state index contributed by atoms with van der Waals surface area (Å²) in [6.45, 7) is 0. The fourth-order valence-electron chi connectivity index (χ4n) is 4.72. The molecular weight excluding hydrogens is 516 g/mol. The van der Waals surface area contributed by atoms with E-state index in [4.69, 9.17) is 9.47 Å². The van der Waals surface area contributed by atoms with Crippen molar-refractivity contribution >= 4 is 30.1 Å². The van der Waals surface area contributed by atoms with Crippen LogP contribution >= 0.6 is 0 Å². The minimum atomic E-state index is -2.46. The highest BCUT2D eigenvalue weighted by Gasteiger charge is 2.62. The Balaban J connectivity index is 1.59. The van der Waals surface area contributed by atoms with Crippen molar-refractivity contribution < 1.29 is 59.6 Å². The van der Waals surface area contributed by atoms with Gasteiger partial charge < -0.3 is 45.2 Å². The summed E-state index contributed by atoms with van der Waals surface area (Å²) >= 11 is 0. The summed E-state index contributed by atoms with van der Waals surface area (Å²) in [5, 5.41) is 69.3. The fraction of sp³-hybridized carbons (Fsp3) is 0.296. The first kappa shape index (κ1) is 27.5. The van der Waals surface area contributed by atoms with Crippen LogP contribution in [0.3, 0.4) is 0 Å². The van der Waals surface area contributed by atoms with Gasteiger partial charge in [0.15, 0.2) is 34.2 Å². The van der Waals surface area contributed by atoms with Gasteiger partial charge in [-0.15, -0.1) is 0 Å². The lowest BCUT2D eigenvalue weighted by molar-refractivity contribution is -0.244. The van der Waals surface area contributed by atoms with Crippen LogP contribution in [0.5, 0.6) is 23.0 Å². The standard InChI is InChI=1S/C27H26O12/c28-17-4-1-14(10-19(17)30)3-6-23(33)38-22-13-26(37,25(35)36)12-21(32)27(22)8-7-16(24(34)39-27)9-15-2-5-18(29)20(31)11-15/h1-6,9-11,21-22,28-32,37H,7-8,12-13H2,(H,35,36)/b6-3+,16-9+/t21-,22-,26-,27+/m1/s1. The van der Waals surface area contributed by atoms with Crippen molar-refractivity contribution in [3.05, 3.63) is 59.2 Å². The van der Waals surface area contributed by atoms with Gasteiger partial charge in [-0.2, -0.15) is 0 Å². The number of phenolic OH excluding ortho intramolecular Hbond substituents is 4. The Bertz CT molecular complexity index is 1380. The zero-order valence-corrected chi connectivity index (χ0v) is 20.4. The third-order valence-electron chi connectivity index (χ3n) is 6.90. The molecule has 12 heteroatoms. The highest BCUT2D eigenvalue weighted by Crippen LogP contribution is 2.46. The SMILES string of the molecule is O=C(/C=C/c1ccc(O)c(O)c1)O[C@@H]1C[C@@](O)(C(=O)O)C[C@@H](O)[C@@]12CC/C(=C\c1ccc(O)c(O)c1)C(=O)O2. The molecule has 2 aromatic rings. The van der Waals surface area contributed by atoms with E-state index in [-0.39, 0.29) is 29.9 Å². The van der Waals surface area contributed by atoms with Gasteiger partial charge in [0, 0.05) is 24.5 Å². The maximum absolute atomic E-state index is 13.0. The molecule has 0 amide bonds. The highest BCUT2D eigenvalue weighted by molar-refractivity contribution is 5.95. The molecule has 39 heavy (non-hydrogen) atoms. The first-order valence-corrected chi connectivity index (χ1v) is 11.8. The van der Waals surface area contributed by atoms with E-state index in [0.717, 1.165) is 6.08 Å². The molecule has 1 saturated carbocycles. The largest absolute Gasteiger partial charge is 0.504 e. The first-order chi connectivity index (χ1) is 18.3. The lowest BCUT2D eigenvalue weighted by Gasteiger charge is -2.51. The third-order valence-corrected chi connectivity index (χ3v) is 6.90. The summed E-state index contributed by atoms with van der Waals surface area (Å²) in [6, 6.07) is 7.70. The molecule has 206 valence electrons. The molecule has 1 saturated heterocycles. The number of carboxylic acids is 1. The second kappa shape index (κ2) is 10.3. The molecule has 1 heterocycles. The number of aliphatic hydroxyl groups excluding tert-OH is 1. The minimum Gasteiger partial charge on any atom is -0.504 e. The predicted molar refractivity (Wildman–Crippen MR) is 132 cm³/mol. The number of aliphatic carboxylic acids is 1. The summed E-state index contributed by atoms with van der Waals surface area (Å²) in [7, 11) is 0. The van der Waals surface area contributed by atoms with Crippen LogP contribution in [0.15, 0.2) is 48.0 Å².